The fourth-order valence-electron chi connectivity index (χ4n) is 3.13. The molecule has 1 aliphatic carbocycles. The van der Waals surface area contributed by atoms with E-state index in [1.807, 2.05) is 7.05 Å². The van der Waals surface area contributed by atoms with Crippen LogP contribution in [-0.2, 0) is 23.0 Å². The number of sulfonamides is 1. The minimum absolute atomic E-state index is 0.123. The molecule has 0 atom stereocenters. The highest BCUT2D eigenvalue weighted by Crippen LogP contribution is 2.31. The standard InChI is InChI=1S/C15H25ClN2O2S/c1-4-12-5-7-13(8-6-12)18(3)21(19,20)15-9-14(10-16)17(2)11-15/h9,11-13H,4-8,10H2,1-3H3. The van der Waals surface area contributed by atoms with Crippen LogP contribution in [-0.4, -0.2) is 30.4 Å². The molecule has 0 N–H and O–H groups in total. The highest BCUT2D eigenvalue weighted by atomic mass is 35.5. The molecule has 0 aliphatic heterocycles. The summed E-state index contributed by atoms with van der Waals surface area (Å²) in [5, 5.41) is 0. The van der Waals surface area contributed by atoms with Crippen molar-refractivity contribution in [2.45, 2.75) is 55.8 Å². The Morgan fingerprint density at radius 2 is 1.95 bits per heavy atom. The molecule has 0 unspecified atom stereocenters. The summed E-state index contributed by atoms with van der Waals surface area (Å²) in [6.07, 6.45) is 7.03. The molecule has 0 amide bonds. The van der Waals surface area contributed by atoms with E-state index in [4.69, 9.17) is 11.6 Å². The van der Waals surface area contributed by atoms with E-state index in [1.54, 1.807) is 28.2 Å². The molecule has 1 heterocycles. The number of halogens is 1. The Hall–Kier alpha value is -0.520. The molecular weight excluding hydrogens is 308 g/mol. The van der Waals surface area contributed by atoms with Crippen LogP contribution in [0.4, 0.5) is 0 Å². The van der Waals surface area contributed by atoms with Gasteiger partial charge in [0.15, 0.2) is 0 Å². The van der Waals surface area contributed by atoms with Gasteiger partial charge in [0.1, 0.15) is 4.90 Å². The van der Waals surface area contributed by atoms with E-state index in [-0.39, 0.29) is 6.04 Å². The molecule has 0 spiro atoms. The number of aryl methyl sites for hydroxylation is 1. The quantitative estimate of drug-likeness (QED) is 0.776. The van der Waals surface area contributed by atoms with E-state index in [0.29, 0.717) is 10.8 Å². The summed E-state index contributed by atoms with van der Waals surface area (Å²) < 4.78 is 28.8. The summed E-state index contributed by atoms with van der Waals surface area (Å²) in [6.45, 7) is 2.21. The summed E-state index contributed by atoms with van der Waals surface area (Å²) in [4.78, 5) is 0.348. The molecule has 0 aromatic carbocycles. The molecule has 120 valence electrons. The first-order chi connectivity index (χ1) is 9.90. The van der Waals surface area contributed by atoms with Gasteiger partial charge >= 0.3 is 0 Å². The van der Waals surface area contributed by atoms with E-state index < -0.39 is 10.0 Å². The highest BCUT2D eigenvalue weighted by molar-refractivity contribution is 7.89. The Bertz CT molecular complexity index is 574. The van der Waals surface area contributed by atoms with Crippen molar-refractivity contribution in [1.82, 2.24) is 8.87 Å². The number of alkyl halides is 1. The maximum absolute atomic E-state index is 12.7. The lowest BCUT2D eigenvalue weighted by atomic mass is 9.85. The van der Waals surface area contributed by atoms with Crippen molar-refractivity contribution in [1.29, 1.82) is 0 Å². The van der Waals surface area contributed by atoms with E-state index in [1.165, 1.54) is 6.42 Å². The smallest absolute Gasteiger partial charge is 0.244 e. The zero-order chi connectivity index (χ0) is 15.6. The first-order valence-corrected chi connectivity index (χ1v) is 9.56. The van der Waals surface area contributed by atoms with Gasteiger partial charge in [-0.3, -0.25) is 0 Å². The van der Waals surface area contributed by atoms with Crippen LogP contribution in [0.15, 0.2) is 17.2 Å². The second-order valence-corrected chi connectivity index (χ2v) is 8.28. The highest BCUT2D eigenvalue weighted by Gasteiger charge is 2.31. The third-order valence-corrected chi connectivity index (χ3v) is 6.95. The molecule has 4 nitrogen and oxygen atoms in total. The average Bonchev–Trinajstić information content (AvgIpc) is 2.88. The number of hydrogen-bond acceptors (Lipinski definition) is 2. The first kappa shape index (κ1) is 16.8. The minimum atomic E-state index is -3.42. The Kier molecular flexibility index (Phi) is 5.38. The van der Waals surface area contributed by atoms with E-state index in [9.17, 15) is 8.42 Å². The van der Waals surface area contributed by atoms with Crippen LogP contribution in [0, 0.1) is 5.92 Å². The Balaban J connectivity index is 2.15. The predicted molar refractivity (Wildman–Crippen MR) is 86.0 cm³/mol. The minimum Gasteiger partial charge on any atom is -0.352 e. The van der Waals surface area contributed by atoms with Crippen LogP contribution in [0.5, 0.6) is 0 Å². The van der Waals surface area contributed by atoms with Gasteiger partial charge in [0, 0.05) is 32.0 Å². The molecule has 0 saturated heterocycles. The van der Waals surface area contributed by atoms with Gasteiger partial charge < -0.3 is 4.57 Å². The Morgan fingerprint density at radius 1 is 1.33 bits per heavy atom. The van der Waals surface area contributed by atoms with Crippen LogP contribution in [0.2, 0.25) is 0 Å². The van der Waals surface area contributed by atoms with Crippen molar-refractivity contribution in [3.63, 3.8) is 0 Å². The summed E-state index contributed by atoms with van der Waals surface area (Å²) in [6, 6.07) is 1.80. The van der Waals surface area contributed by atoms with Gasteiger partial charge in [0.2, 0.25) is 10.0 Å². The predicted octanol–water partition coefficient (Wildman–Crippen LogP) is 3.35. The second kappa shape index (κ2) is 6.71. The Labute approximate surface area is 133 Å². The van der Waals surface area contributed by atoms with Crippen molar-refractivity contribution >= 4 is 21.6 Å². The van der Waals surface area contributed by atoms with Crippen LogP contribution >= 0.6 is 11.6 Å². The third kappa shape index (κ3) is 3.46. The lowest BCUT2D eigenvalue weighted by molar-refractivity contribution is 0.233. The third-order valence-electron chi connectivity index (χ3n) is 4.80. The number of rotatable bonds is 5. The van der Waals surface area contributed by atoms with Gasteiger partial charge in [-0.15, -0.1) is 11.6 Å². The maximum atomic E-state index is 12.7. The number of hydrogen-bond donors (Lipinski definition) is 0. The van der Waals surface area contributed by atoms with Crippen molar-refractivity contribution in [3.8, 4) is 0 Å². The molecule has 1 saturated carbocycles. The Morgan fingerprint density at radius 3 is 2.43 bits per heavy atom. The fraction of sp³-hybridized carbons (Fsp3) is 0.733. The molecule has 1 aliphatic rings. The van der Waals surface area contributed by atoms with Gasteiger partial charge in [0.05, 0.1) is 5.88 Å². The molecule has 6 heteroatoms. The maximum Gasteiger partial charge on any atom is 0.244 e. The van der Waals surface area contributed by atoms with Crippen molar-refractivity contribution < 1.29 is 8.42 Å². The lowest BCUT2D eigenvalue weighted by Gasteiger charge is -2.33. The molecule has 1 aromatic heterocycles. The average molecular weight is 333 g/mol. The first-order valence-electron chi connectivity index (χ1n) is 7.59. The zero-order valence-electron chi connectivity index (χ0n) is 13.0. The van der Waals surface area contributed by atoms with Crippen LogP contribution in [0.1, 0.15) is 44.7 Å². The normalized spacial score (nSPS) is 23.7. The van der Waals surface area contributed by atoms with E-state index in [0.717, 1.165) is 37.3 Å². The van der Waals surface area contributed by atoms with Crippen molar-refractivity contribution in [2.24, 2.45) is 13.0 Å². The van der Waals surface area contributed by atoms with Crippen LogP contribution in [0.3, 0.4) is 0 Å². The fourth-order valence-corrected chi connectivity index (χ4v) is 4.91. The van der Waals surface area contributed by atoms with Gasteiger partial charge in [-0.05, 0) is 37.7 Å². The molecule has 0 bridgehead atoms. The summed E-state index contributed by atoms with van der Waals surface area (Å²) in [7, 11) is 0.110. The van der Waals surface area contributed by atoms with Crippen LogP contribution < -0.4 is 0 Å². The second-order valence-electron chi connectivity index (χ2n) is 6.02. The largest absolute Gasteiger partial charge is 0.352 e. The lowest BCUT2D eigenvalue weighted by Crippen LogP contribution is -2.39. The number of nitrogens with zero attached hydrogens (tertiary/aromatic N) is 2. The molecule has 2 rings (SSSR count). The van der Waals surface area contributed by atoms with Gasteiger partial charge in [-0.2, -0.15) is 4.31 Å². The molecule has 0 radical (unpaired) electrons. The van der Waals surface area contributed by atoms with Gasteiger partial charge in [-0.25, -0.2) is 8.42 Å². The molecule has 1 aromatic rings. The number of aromatic nitrogens is 1. The van der Waals surface area contributed by atoms with Crippen molar-refractivity contribution in [2.75, 3.05) is 7.05 Å². The zero-order valence-corrected chi connectivity index (χ0v) is 14.6. The van der Waals surface area contributed by atoms with Crippen LogP contribution in [0.25, 0.3) is 0 Å². The summed E-state index contributed by atoms with van der Waals surface area (Å²) in [5.41, 5.74) is 0.818. The SMILES string of the molecule is CCC1CCC(N(C)S(=O)(=O)c2cc(CCl)n(C)c2)CC1. The molecular formula is C15H25ClN2O2S. The van der Waals surface area contributed by atoms with E-state index in [2.05, 4.69) is 6.92 Å². The summed E-state index contributed by atoms with van der Waals surface area (Å²) >= 11 is 5.83. The van der Waals surface area contributed by atoms with Crippen molar-refractivity contribution in [3.05, 3.63) is 18.0 Å². The monoisotopic (exact) mass is 332 g/mol. The molecule has 1 fully saturated rings. The summed E-state index contributed by atoms with van der Waals surface area (Å²) in [5.74, 6) is 1.08. The van der Waals surface area contributed by atoms with Gasteiger partial charge in [0.25, 0.3) is 0 Å². The van der Waals surface area contributed by atoms with Gasteiger partial charge in [-0.1, -0.05) is 13.3 Å². The topological polar surface area (TPSA) is 42.3 Å². The van der Waals surface area contributed by atoms with E-state index >= 15 is 0 Å². The molecule has 21 heavy (non-hydrogen) atoms.